The Hall–Kier alpha value is -2.73. The minimum absolute atomic E-state index is 0.271. The molecule has 6 heteroatoms. The largest absolute Gasteiger partial charge is 0.493 e. The van der Waals surface area contributed by atoms with Crippen LogP contribution in [0.2, 0.25) is 0 Å². The fraction of sp³-hybridized carbons (Fsp3) is 0.238. The van der Waals surface area contributed by atoms with Gasteiger partial charge < -0.3 is 15.2 Å². The van der Waals surface area contributed by atoms with Crippen LogP contribution in [0, 0.1) is 13.8 Å². The molecule has 2 aromatic rings. The first-order valence-corrected chi connectivity index (χ1v) is 9.54. The lowest BCUT2D eigenvalue weighted by atomic mass is 10.1. The van der Waals surface area contributed by atoms with Crippen molar-refractivity contribution in [1.82, 2.24) is 0 Å². The Morgan fingerprint density at radius 3 is 2.59 bits per heavy atom. The van der Waals surface area contributed by atoms with Gasteiger partial charge in [0.1, 0.15) is 11.5 Å². The third kappa shape index (κ3) is 5.14. The molecule has 0 aromatic heterocycles. The predicted molar refractivity (Wildman–Crippen MR) is 110 cm³/mol. The Kier molecular flexibility index (Phi) is 6.19. The quantitative estimate of drug-likeness (QED) is 0.577. The second-order valence-electron chi connectivity index (χ2n) is 6.20. The average molecular weight is 382 g/mol. The Morgan fingerprint density at radius 2 is 1.85 bits per heavy atom. The molecule has 0 bridgehead atoms. The van der Waals surface area contributed by atoms with Crippen molar-refractivity contribution in [3.63, 3.8) is 0 Å². The van der Waals surface area contributed by atoms with Gasteiger partial charge in [0.25, 0.3) is 5.91 Å². The molecule has 0 spiro atoms. The topological polar surface area (TPSA) is 73.9 Å². The van der Waals surface area contributed by atoms with E-state index in [4.69, 9.17) is 15.2 Å². The first-order chi connectivity index (χ1) is 13.0. The molecule has 0 unspecified atom stereocenters. The van der Waals surface area contributed by atoms with Crippen molar-refractivity contribution in [1.29, 1.82) is 0 Å². The van der Waals surface area contributed by atoms with Gasteiger partial charge in [-0.05, 0) is 61.0 Å². The number of nitrogens with zero attached hydrogens (tertiary/aromatic N) is 1. The number of carbonyl (C=O) groups is 1. The highest BCUT2D eigenvalue weighted by molar-refractivity contribution is 8.18. The zero-order valence-electron chi connectivity index (χ0n) is 15.4. The molecule has 0 fully saturated rings. The number of carbonyl (C=O) groups excluding carboxylic acids is 1. The lowest BCUT2D eigenvalue weighted by Gasteiger charge is -2.11. The molecule has 3 rings (SSSR count). The van der Waals surface area contributed by atoms with Crippen molar-refractivity contribution in [3.8, 4) is 11.5 Å². The Morgan fingerprint density at radius 1 is 1.07 bits per heavy atom. The van der Waals surface area contributed by atoms with Crippen LogP contribution in [0.25, 0.3) is 6.08 Å². The van der Waals surface area contributed by atoms with Gasteiger partial charge in [0, 0.05) is 12.0 Å². The summed E-state index contributed by atoms with van der Waals surface area (Å²) in [5.41, 5.74) is 8.89. The van der Waals surface area contributed by atoms with E-state index in [0.717, 1.165) is 23.5 Å². The molecule has 27 heavy (non-hydrogen) atoms. The maximum absolute atomic E-state index is 11.8. The summed E-state index contributed by atoms with van der Waals surface area (Å²) in [6.07, 6.45) is 2.51. The zero-order chi connectivity index (χ0) is 19.2. The highest BCUT2D eigenvalue weighted by atomic mass is 32.2. The lowest BCUT2D eigenvalue weighted by Crippen LogP contribution is -2.06. The molecule has 0 saturated heterocycles. The van der Waals surface area contributed by atoms with Gasteiger partial charge >= 0.3 is 0 Å². The average Bonchev–Trinajstić information content (AvgIpc) is 2.96. The molecule has 5 nitrogen and oxygen atoms in total. The molecule has 1 aliphatic rings. The minimum atomic E-state index is -0.311. The number of hydrogen-bond donors (Lipinski definition) is 1. The van der Waals surface area contributed by atoms with E-state index in [9.17, 15) is 4.79 Å². The van der Waals surface area contributed by atoms with Crippen LogP contribution < -0.4 is 15.2 Å². The molecule has 1 amide bonds. The van der Waals surface area contributed by atoms with E-state index in [1.165, 1.54) is 22.9 Å². The van der Waals surface area contributed by atoms with Crippen LogP contribution in [0.4, 0.5) is 0 Å². The summed E-state index contributed by atoms with van der Waals surface area (Å²) in [6, 6.07) is 13.7. The monoisotopic (exact) mass is 382 g/mol. The van der Waals surface area contributed by atoms with Gasteiger partial charge in [-0.15, -0.1) is 0 Å². The van der Waals surface area contributed by atoms with Gasteiger partial charge in [0.15, 0.2) is 5.17 Å². The van der Waals surface area contributed by atoms with E-state index in [1.54, 1.807) is 6.08 Å². The highest BCUT2D eigenvalue weighted by Crippen LogP contribution is 2.29. The summed E-state index contributed by atoms with van der Waals surface area (Å²) < 4.78 is 11.7. The van der Waals surface area contributed by atoms with Crippen molar-refractivity contribution >= 4 is 28.9 Å². The molecular formula is C21H22N2O3S. The summed E-state index contributed by atoms with van der Waals surface area (Å²) in [7, 11) is 0. The molecule has 1 aliphatic heterocycles. The number of ether oxygens (including phenoxy) is 2. The first kappa shape index (κ1) is 19.0. The molecule has 0 atom stereocenters. The highest BCUT2D eigenvalue weighted by Gasteiger charge is 2.20. The van der Waals surface area contributed by atoms with E-state index in [0.29, 0.717) is 18.1 Å². The van der Waals surface area contributed by atoms with Gasteiger partial charge in [-0.1, -0.05) is 24.3 Å². The Balaban J connectivity index is 1.52. The fourth-order valence-corrected chi connectivity index (χ4v) is 3.21. The van der Waals surface area contributed by atoms with Gasteiger partial charge in [-0.3, -0.25) is 4.79 Å². The first-order valence-electron chi connectivity index (χ1n) is 8.73. The summed E-state index contributed by atoms with van der Waals surface area (Å²) in [6.45, 7) is 5.25. The second kappa shape index (κ2) is 8.77. The smallest absolute Gasteiger partial charge is 0.286 e. The number of aliphatic imine (C=N–C) groups is 1. The van der Waals surface area contributed by atoms with E-state index in [2.05, 4.69) is 24.9 Å². The number of amidine groups is 1. The van der Waals surface area contributed by atoms with Crippen molar-refractivity contribution in [2.24, 2.45) is 10.7 Å². The fourth-order valence-electron chi connectivity index (χ4n) is 2.53. The molecule has 0 radical (unpaired) electrons. The summed E-state index contributed by atoms with van der Waals surface area (Å²) in [4.78, 5) is 16.0. The van der Waals surface area contributed by atoms with Crippen LogP contribution in [0.3, 0.4) is 0 Å². The van der Waals surface area contributed by atoms with Crippen LogP contribution in [0.5, 0.6) is 11.5 Å². The van der Waals surface area contributed by atoms with Crippen LogP contribution in [0.1, 0.15) is 23.1 Å². The van der Waals surface area contributed by atoms with Crippen LogP contribution >= 0.6 is 11.8 Å². The van der Waals surface area contributed by atoms with Crippen LogP contribution in [-0.4, -0.2) is 24.3 Å². The Labute approximate surface area is 163 Å². The third-order valence-electron chi connectivity index (χ3n) is 4.14. The van der Waals surface area contributed by atoms with Crippen molar-refractivity contribution in [2.75, 3.05) is 13.2 Å². The van der Waals surface area contributed by atoms with Crippen molar-refractivity contribution in [3.05, 3.63) is 64.1 Å². The molecule has 0 aliphatic carbocycles. The van der Waals surface area contributed by atoms with Gasteiger partial charge in [-0.25, -0.2) is 0 Å². The zero-order valence-corrected chi connectivity index (χ0v) is 16.2. The van der Waals surface area contributed by atoms with Crippen LogP contribution in [0.15, 0.2) is 52.4 Å². The van der Waals surface area contributed by atoms with Gasteiger partial charge in [0.05, 0.1) is 18.1 Å². The molecule has 140 valence electrons. The summed E-state index contributed by atoms with van der Waals surface area (Å²) in [5.74, 6) is 1.28. The van der Waals surface area contributed by atoms with E-state index < -0.39 is 0 Å². The number of aryl methyl sites for hydroxylation is 2. The molecule has 1 heterocycles. The maximum atomic E-state index is 11.8. The molecule has 2 aromatic carbocycles. The maximum Gasteiger partial charge on any atom is 0.286 e. The number of nitrogens with two attached hydrogens (primary N) is 1. The summed E-state index contributed by atoms with van der Waals surface area (Å²) >= 11 is 1.17. The number of rotatable bonds is 7. The SMILES string of the molecule is Cc1ccc(OCCCOc2ccccc2/C=C2/SC(N)=NC2=O)cc1C. The van der Waals surface area contributed by atoms with Gasteiger partial charge in [0.2, 0.25) is 0 Å². The molecular weight excluding hydrogens is 360 g/mol. The van der Waals surface area contributed by atoms with E-state index in [1.807, 2.05) is 36.4 Å². The predicted octanol–water partition coefficient (Wildman–Crippen LogP) is 4.08. The van der Waals surface area contributed by atoms with Gasteiger partial charge in [-0.2, -0.15) is 4.99 Å². The Bertz CT molecular complexity index is 906. The number of thioether (sulfide) groups is 1. The second-order valence-corrected chi connectivity index (χ2v) is 7.26. The third-order valence-corrected chi connectivity index (χ3v) is 4.95. The molecule has 0 saturated carbocycles. The lowest BCUT2D eigenvalue weighted by molar-refractivity contribution is -0.113. The van der Waals surface area contributed by atoms with E-state index in [-0.39, 0.29) is 11.1 Å². The van der Waals surface area contributed by atoms with Crippen molar-refractivity contribution in [2.45, 2.75) is 20.3 Å². The standard InChI is InChI=1S/C21H22N2O3S/c1-14-8-9-17(12-15(14)2)25-10-5-11-26-18-7-4-3-6-16(18)13-19-20(24)23-21(22)27-19/h3-4,6-9,12-13H,5,10-11H2,1-2H3,(H2,22,23,24)/b19-13+. The number of para-hydroxylation sites is 1. The van der Waals surface area contributed by atoms with E-state index >= 15 is 0 Å². The number of hydrogen-bond acceptors (Lipinski definition) is 5. The number of benzene rings is 2. The molecule has 2 N–H and O–H groups in total. The number of amides is 1. The minimum Gasteiger partial charge on any atom is -0.493 e. The van der Waals surface area contributed by atoms with Crippen molar-refractivity contribution < 1.29 is 14.3 Å². The normalized spacial score (nSPS) is 15.1. The van der Waals surface area contributed by atoms with Crippen LogP contribution in [-0.2, 0) is 4.79 Å². The summed E-state index contributed by atoms with van der Waals surface area (Å²) in [5, 5.41) is 0.271.